The number of rotatable bonds is 0. The lowest BCUT2D eigenvalue weighted by atomic mass is 10.2. The Balaban J connectivity index is 0.000000187. The van der Waals surface area contributed by atoms with Gasteiger partial charge in [0.1, 0.15) is 0 Å². The molecule has 1 fully saturated rings. The van der Waals surface area contributed by atoms with E-state index in [2.05, 4.69) is 16.5 Å². The molecule has 0 atom stereocenters. The van der Waals surface area contributed by atoms with Crippen molar-refractivity contribution < 1.29 is 13.3 Å². The van der Waals surface area contributed by atoms with E-state index in [1.807, 2.05) is 0 Å². The zero-order chi connectivity index (χ0) is 8.74. The van der Waals surface area contributed by atoms with E-state index in [0.29, 0.717) is 0 Å². The molecule has 0 saturated carbocycles. The summed E-state index contributed by atoms with van der Waals surface area (Å²) in [5, 5.41) is 3.28. The topological polar surface area (TPSA) is 69.6 Å². The van der Waals surface area contributed by atoms with Crippen LogP contribution in [-0.4, -0.2) is 26.4 Å². The molecule has 0 aromatic heterocycles. The van der Waals surface area contributed by atoms with Crippen LogP contribution in [0, 0.1) is 0 Å². The summed E-state index contributed by atoms with van der Waals surface area (Å²) in [4.78, 5) is 0. The molecular formula is C5H13NO3S2. The van der Waals surface area contributed by atoms with Crippen LogP contribution in [0.5, 0.6) is 0 Å². The maximum Gasteiger partial charge on any atom is 0.263 e. The molecule has 3 N–H and O–H groups in total. The van der Waals surface area contributed by atoms with E-state index >= 15 is 0 Å². The lowest BCUT2D eigenvalue weighted by Crippen LogP contribution is -2.21. The summed E-state index contributed by atoms with van der Waals surface area (Å²) in [5.74, 6) is 0. The van der Waals surface area contributed by atoms with Crippen molar-refractivity contribution in [2.45, 2.75) is 19.3 Å². The Morgan fingerprint density at radius 2 is 1.55 bits per heavy atom. The third kappa shape index (κ3) is 17.9. The molecule has 11 heavy (non-hydrogen) atoms. The van der Waals surface area contributed by atoms with E-state index in [4.69, 9.17) is 13.3 Å². The quantitative estimate of drug-likeness (QED) is 0.528. The number of piperidine rings is 1. The van der Waals surface area contributed by atoms with Crippen molar-refractivity contribution in [2.24, 2.45) is 0 Å². The maximum atomic E-state index is 9.11. The highest BCUT2D eigenvalue weighted by Crippen LogP contribution is 1.96. The highest BCUT2D eigenvalue weighted by molar-refractivity contribution is 8.26. The first-order valence-corrected chi connectivity index (χ1v) is 5.80. The molecule has 0 radical (unpaired) electrons. The van der Waals surface area contributed by atoms with Gasteiger partial charge in [-0.3, -0.25) is 9.11 Å². The van der Waals surface area contributed by atoms with Crippen molar-refractivity contribution >= 4 is 20.2 Å². The predicted molar refractivity (Wildman–Crippen MR) is 47.5 cm³/mol. The zero-order valence-corrected chi connectivity index (χ0v) is 7.79. The Morgan fingerprint density at radius 3 is 1.64 bits per heavy atom. The third-order valence-electron chi connectivity index (χ3n) is 1.21. The standard InChI is InChI=1S/C5H11N.H2O3S2/c1-2-4-6-5-3-1;1-5(2,3)4/h6H,1-5H2;(H2,1,2,3,4). The van der Waals surface area contributed by atoms with Crippen LogP contribution in [0.1, 0.15) is 19.3 Å². The Hall–Kier alpha value is 0.250. The van der Waals surface area contributed by atoms with E-state index < -0.39 is 9.05 Å². The largest absolute Gasteiger partial charge is 0.317 e. The molecule has 0 spiro atoms. The molecule has 6 heteroatoms. The Morgan fingerprint density at radius 1 is 1.18 bits per heavy atom. The normalized spacial score (nSPS) is 18.4. The fourth-order valence-corrected chi connectivity index (χ4v) is 0.802. The van der Waals surface area contributed by atoms with E-state index in [1.165, 1.54) is 32.4 Å². The van der Waals surface area contributed by atoms with Gasteiger partial charge in [-0.15, -0.1) is 0 Å². The summed E-state index contributed by atoms with van der Waals surface area (Å²) >= 11 is 3.47. The summed E-state index contributed by atoms with van der Waals surface area (Å²) in [5.41, 5.74) is 0. The lowest BCUT2D eigenvalue weighted by Gasteiger charge is -2.08. The summed E-state index contributed by atoms with van der Waals surface area (Å²) in [6.07, 6.45) is 4.22. The molecule has 1 aliphatic rings. The lowest BCUT2D eigenvalue weighted by molar-refractivity contribution is 0.450. The SMILES string of the molecule is C1CCNCC1.O=S(O)(O)=S. The van der Waals surface area contributed by atoms with Gasteiger partial charge >= 0.3 is 0 Å². The maximum absolute atomic E-state index is 9.11. The van der Waals surface area contributed by atoms with Gasteiger partial charge in [0.2, 0.25) is 0 Å². The van der Waals surface area contributed by atoms with Crippen molar-refractivity contribution in [3.63, 3.8) is 0 Å². The van der Waals surface area contributed by atoms with Crippen LogP contribution in [0.3, 0.4) is 0 Å². The Bertz CT molecular complexity index is 155. The second-order valence-corrected chi connectivity index (χ2v) is 4.46. The van der Waals surface area contributed by atoms with Gasteiger partial charge in [0, 0.05) is 11.2 Å². The molecule has 1 aliphatic heterocycles. The number of hydrogen-bond acceptors (Lipinski definition) is 3. The van der Waals surface area contributed by atoms with Crippen LogP contribution < -0.4 is 5.32 Å². The van der Waals surface area contributed by atoms with Crippen LogP contribution in [-0.2, 0) is 20.2 Å². The van der Waals surface area contributed by atoms with Crippen molar-refractivity contribution in [1.29, 1.82) is 0 Å². The molecule has 0 amide bonds. The first-order chi connectivity index (χ1) is 5.00. The summed E-state index contributed by atoms with van der Waals surface area (Å²) in [7, 11) is -3.83. The average Bonchev–Trinajstić information content (AvgIpc) is 1.88. The van der Waals surface area contributed by atoms with E-state index in [0.717, 1.165) is 0 Å². The van der Waals surface area contributed by atoms with Gasteiger partial charge in [-0.25, -0.2) is 0 Å². The summed E-state index contributed by atoms with van der Waals surface area (Å²) < 4.78 is 24.0. The van der Waals surface area contributed by atoms with Crippen molar-refractivity contribution in [2.75, 3.05) is 13.1 Å². The average molecular weight is 199 g/mol. The van der Waals surface area contributed by atoms with Gasteiger partial charge < -0.3 is 5.32 Å². The monoisotopic (exact) mass is 199 g/mol. The second kappa shape index (κ2) is 5.84. The minimum Gasteiger partial charge on any atom is -0.317 e. The number of nitrogens with one attached hydrogen (secondary N) is 1. The van der Waals surface area contributed by atoms with Crippen LogP contribution in [0.15, 0.2) is 0 Å². The van der Waals surface area contributed by atoms with Gasteiger partial charge in [-0.1, -0.05) is 6.42 Å². The first kappa shape index (κ1) is 11.2. The van der Waals surface area contributed by atoms with Crippen LogP contribution >= 0.6 is 0 Å². The molecule has 4 nitrogen and oxygen atoms in total. The van der Waals surface area contributed by atoms with Crippen LogP contribution in [0.25, 0.3) is 0 Å². The zero-order valence-electron chi connectivity index (χ0n) is 6.15. The minimum absolute atomic E-state index is 1.25. The Kier molecular flexibility index (Phi) is 5.98. The summed E-state index contributed by atoms with van der Waals surface area (Å²) in [6, 6.07) is 0. The van der Waals surface area contributed by atoms with Crippen molar-refractivity contribution in [3.05, 3.63) is 0 Å². The molecule has 0 aromatic rings. The third-order valence-corrected chi connectivity index (χ3v) is 1.21. The minimum atomic E-state index is -3.83. The fourth-order valence-electron chi connectivity index (χ4n) is 0.802. The van der Waals surface area contributed by atoms with Gasteiger partial charge in [0.05, 0.1) is 0 Å². The number of hydrogen-bond donors (Lipinski definition) is 3. The molecule has 68 valence electrons. The summed E-state index contributed by atoms with van der Waals surface area (Å²) in [6.45, 7) is 2.50. The van der Waals surface area contributed by atoms with Crippen LogP contribution in [0.2, 0.25) is 0 Å². The molecular weight excluding hydrogens is 186 g/mol. The van der Waals surface area contributed by atoms with Gasteiger partial charge in [0.25, 0.3) is 9.05 Å². The first-order valence-electron chi connectivity index (χ1n) is 3.41. The predicted octanol–water partition coefficient (Wildman–Crippen LogP) is 0.439. The van der Waals surface area contributed by atoms with Crippen molar-refractivity contribution in [1.82, 2.24) is 5.32 Å². The van der Waals surface area contributed by atoms with Gasteiger partial charge in [-0.05, 0) is 25.9 Å². The second-order valence-electron chi connectivity index (χ2n) is 2.26. The van der Waals surface area contributed by atoms with Gasteiger partial charge in [-0.2, -0.15) is 4.21 Å². The molecule has 0 bridgehead atoms. The highest BCUT2D eigenvalue weighted by Gasteiger charge is 1.93. The highest BCUT2D eigenvalue weighted by atomic mass is 32.9. The molecule has 1 rings (SSSR count). The fraction of sp³-hybridized carbons (Fsp3) is 1.00. The molecule has 1 heterocycles. The van der Waals surface area contributed by atoms with E-state index in [-0.39, 0.29) is 0 Å². The molecule has 0 unspecified atom stereocenters. The van der Waals surface area contributed by atoms with E-state index in [1.54, 1.807) is 0 Å². The van der Waals surface area contributed by atoms with Gasteiger partial charge in [0.15, 0.2) is 0 Å². The molecule has 1 saturated heterocycles. The van der Waals surface area contributed by atoms with Crippen LogP contribution in [0.4, 0.5) is 0 Å². The van der Waals surface area contributed by atoms with Crippen molar-refractivity contribution in [3.8, 4) is 0 Å². The van der Waals surface area contributed by atoms with E-state index in [9.17, 15) is 0 Å². The molecule has 0 aromatic carbocycles. The Labute approximate surface area is 71.7 Å². The molecule has 0 aliphatic carbocycles. The smallest absolute Gasteiger partial charge is 0.263 e.